The summed E-state index contributed by atoms with van der Waals surface area (Å²) in [4.78, 5) is 25.5. The van der Waals surface area contributed by atoms with Gasteiger partial charge in [-0.15, -0.1) is 11.3 Å². The number of thiophene rings is 1. The van der Waals surface area contributed by atoms with Crippen LogP contribution in [0.5, 0.6) is 0 Å². The maximum atomic E-state index is 12.5. The quantitative estimate of drug-likeness (QED) is 0.720. The van der Waals surface area contributed by atoms with Gasteiger partial charge in [0.25, 0.3) is 5.56 Å². The Labute approximate surface area is 157 Å². The van der Waals surface area contributed by atoms with Gasteiger partial charge in [-0.05, 0) is 17.0 Å². The molecular formula is C17H13Cl2N3O2S. The molecule has 0 spiro atoms. The molecular weight excluding hydrogens is 381 g/mol. The van der Waals surface area contributed by atoms with Crippen molar-refractivity contribution >= 4 is 40.4 Å². The largest absolute Gasteiger partial charge is 0.343 e. The van der Waals surface area contributed by atoms with Gasteiger partial charge in [0.1, 0.15) is 11.6 Å². The number of rotatable bonds is 5. The van der Waals surface area contributed by atoms with Crippen LogP contribution in [-0.4, -0.2) is 15.7 Å². The van der Waals surface area contributed by atoms with Crippen LogP contribution in [0.3, 0.4) is 0 Å². The zero-order valence-electron chi connectivity index (χ0n) is 12.9. The molecule has 0 aliphatic carbocycles. The van der Waals surface area contributed by atoms with Gasteiger partial charge in [-0.3, -0.25) is 9.59 Å². The number of nitrogens with one attached hydrogen (secondary N) is 1. The van der Waals surface area contributed by atoms with E-state index >= 15 is 0 Å². The molecule has 5 nitrogen and oxygen atoms in total. The molecule has 3 aromatic rings. The van der Waals surface area contributed by atoms with Crippen molar-refractivity contribution in [1.29, 1.82) is 0 Å². The fraction of sp³-hybridized carbons (Fsp3) is 0.118. The molecule has 2 heterocycles. The summed E-state index contributed by atoms with van der Waals surface area (Å²) in [6.45, 7) is -0.246. The van der Waals surface area contributed by atoms with Crippen LogP contribution >= 0.6 is 34.5 Å². The Kier molecular flexibility index (Phi) is 5.53. The molecule has 0 bridgehead atoms. The summed E-state index contributed by atoms with van der Waals surface area (Å²) in [5.41, 5.74) is 0.351. The standard InChI is InChI=1S/C17H13Cl2N3O2S/c18-12-9-20-22(17(24)15(12)19)10-14(23)21-16(13-7-4-8-25-13)11-5-2-1-3-6-11/h1-9,16H,10H2,(H,21,23)/t16-/m0/s1. The highest BCUT2D eigenvalue weighted by Crippen LogP contribution is 2.25. The topological polar surface area (TPSA) is 64.0 Å². The molecule has 8 heteroatoms. The molecule has 2 aromatic heterocycles. The highest BCUT2D eigenvalue weighted by molar-refractivity contribution is 7.10. The van der Waals surface area contributed by atoms with E-state index in [4.69, 9.17) is 23.2 Å². The van der Waals surface area contributed by atoms with Crippen LogP contribution in [0.2, 0.25) is 10.0 Å². The third kappa shape index (κ3) is 4.10. The van der Waals surface area contributed by atoms with E-state index < -0.39 is 5.56 Å². The van der Waals surface area contributed by atoms with Gasteiger partial charge < -0.3 is 5.32 Å². The Morgan fingerprint density at radius 3 is 2.64 bits per heavy atom. The van der Waals surface area contributed by atoms with Crippen molar-refractivity contribution in [2.75, 3.05) is 0 Å². The Balaban J connectivity index is 1.82. The van der Waals surface area contributed by atoms with Gasteiger partial charge in [0.15, 0.2) is 0 Å². The van der Waals surface area contributed by atoms with E-state index in [9.17, 15) is 9.59 Å². The number of aromatic nitrogens is 2. The summed E-state index contributed by atoms with van der Waals surface area (Å²) in [6.07, 6.45) is 1.24. The van der Waals surface area contributed by atoms with Crippen LogP contribution in [0, 0.1) is 0 Å². The Morgan fingerprint density at radius 2 is 1.96 bits per heavy atom. The smallest absolute Gasteiger partial charge is 0.287 e. The molecule has 1 aromatic carbocycles. The first-order valence-electron chi connectivity index (χ1n) is 7.35. The maximum absolute atomic E-state index is 12.5. The van der Waals surface area contributed by atoms with Gasteiger partial charge in [-0.1, -0.05) is 59.6 Å². The van der Waals surface area contributed by atoms with Gasteiger partial charge in [-0.2, -0.15) is 5.10 Å². The van der Waals surface area contributed by atoms with Crippen molar-refractivity contribution in [2.45, 2.75) is 12.6 Å². The fourth-order valence-corrected chi connectivity index (χ4v) is 3.39. The number of carbonyl (C=O) groups is 1. The second kappa shape index (κ2) is 7.82. The molecule has 128 valence electrons. The Bertz CT molecular complexity index is 927. The van der Waals surface area contributed by atoms with E-state index in [0.29, 0.717) is 0 Å². The Morgan fingerprint density at radius 1 is 1.20 bits per heavy atom. The monoisotopic (exact) mass is 393 g/mol. The first kappa shape index (κ1) is 17.7. The summed E-state index contributed by atoms with van der Waals surface area (Å²) in [7, 11) is 0. The molecule has 0 aliphatic rings. The highest BCUT2D eigenvalue weighted by Gasteiger charge is 2.19. The van der Waals surface area contributed by atoms with Gasteiger partial charge in [0.2, 0.25) is 5.91 Å². The van der Waals surface area contributed by atoms with Crippen LogP contribution in [0.1, 0.15) is 16.5 Å². The zero-order valence-corrected chi connectivity index (χ0v) is 15.2. The lowest BCUT2D eigenvalue weighted by Gasteiger charge is -2.18. The van der Waals surface area contributed by atoms with Crippen molar-refractivity contribution in [3.63, 3.8) is 0 Å². The summed E-state index contributed by atoms with van der Waals surface area (Å²) in [5, 5.41) is 8.65. The lowest BCUT2D eigenvalue weighted by molar-refractivity contribution is -0.122. The fourth-order valence-electron chi connectivity index (χ4n) is 2.32. The highest BCUT2D eigenvalue weighted by atomic mass is 35.5. The predicted molar refractivity (Wildman–Crippen MR) is 99.3 cm³/mol. The van der Waals surface area contributed by atoms with E-state index in [1.807, 2.05) is 47.8 Å². The number of hydrogen-bond donors (Lipinski definition) is 1. The first-order chi connectivity index (χ1) is 12.1. The van der Waals surface area contributed by atoms with Gasteiger partial charge >= 0.3 is 0 Å². The molecule has 25 heavy (non-hydrogen) atoms. The molecule has 1 atom stereocenters. The van der Waals surface area contributed by atoms with Crippen LogP contribution in [0.4, 0.5) is 0 Å². The van der Waals surface area contributed by atoms with Crippen molar-refractivity contribution in [3.8, 4) is 0 Å². The summed E-state index contributed by atoms with van der Waals surface area (Å²) < 4.78 is 0.986. The second-order valence-corrected chi connectivity index (χ2v) is 6.96. The van der Waals surface area contributed by atoms with Crippen LogP contribution in [0.15, 0.2) is 58.8 Å². The van der Waals surface area contributed by atoms with Crippen LogP contribution in [0.25, 0.3) is 0 Å². The number of hydrogen-bond acceptors (Lipinski definition) is 4. The molecule has 0 fully saturated rings. The van der Waals surface area contributed by atoms with Crippen molar-refractivity contribution in [2.24, 2.45) is 0 Å². The van der Waals surface area contributed by atoms with Gasteiger partial charge in [0.05, 0.1) is 17.3 Å². The van der Waals surface area contributed by atoms with Crippen molar-refractivity contribution in [1.82, 2.24) is 15.1 Å². The van der Waals surface area contributed by atoms with Gasteiger partial charge in [-0.25, -0.2) is 4.68 Å². The average Bonchev–Trinajstić information content (AvgIpc) is 3.15. The summed E-state index contributed by atoms with van der Waals surface area (Å²) in [5.74, 6) is -0.352. The zero-order chi connectivity index (χ0) is 17.8. The average molecular weight is 394 g/mol. The van der Waals surface area contributed by atoms with Gasteiger partial charge in [0, 0.05) is 4.88 Å². The summed E-state index contributed by atoms with van der Waals surface area (Å²) in [6, 6.07) is 13.2. The van der Waals surface area contributed by atoms with E-state index in [1.54, 1.807) is 11.3 Å². The number of amides is 1. The van der Waals surface area contributed by atoms with E-state index in [0.717, 1.165) is 15.1 Å². The molecule has 0 unspecified atom stereocenters. The normalized spacial score (nSPS) is 11.9. The molecule has 0 saturated carbocycles. The number of nitrogens with zero attached hydrogens (tertiary/aromatic N) is 2. The number of benzene rings is 1. The third-order valence-electron chi connectivity index (χ3n) is 3.50. The minimum absolute atomic E-state index is 0.0593. The van der Waals surface area contributed by atoms with Crippen molar-refractivity contribution < 1.29 is 4.79 Å². The SMILES string of the molecule is O=C(Cn1ncc(Cl)c(Cl)c1=O)N[C@@H](c1ccccc1)c1cccs1. The lowest BCUT2D eigenvalue weighted by atomic mass is 10.1. The Hall–Kier alpha value is -2.15. The van der Waals surface area contributed by atoms with E-state index in [2.05, 4.69) is 10.4 Å². The van der Waals surface area contributed by atoms with Crippen LogP contribution in [-0.2, 0) is 11.3 Å². The maximum Gasteiger partial charge on any atom is 0.287 e. The lowest BCUT2D eigenvalue weighted by Crippen LogP contribution is -2.36. The predicted octanol–water partition coefficient (Wildman–Crippen LogP) is 3.52. The molecule has 3 rings (SSSR count). The van der Waals surface area contributed by atoms with E-state index in [1.165, 1.54) is 6.20 Å². The number of carbonyl (C=O) groups excluding carboxylic acids is 1. The molecule has 1 amide bonds. The summed E-state index contributed by atoms with van der Waals surface area (Å²) >= 11 is 13.1. The molecule has 1 N–H and O–H groups in total. The number of halogens is 2. The van der Waals surface area contributed by atoms with Crippen LogP contribution < -0.4 is 10.9 Å². The first-order valence-corrected chi connectivity index (χ1v) is 8.98. The third-order valence-corrected chi connectivity index (χ3v) is 5.19. The van der Waals surface area contributed by atoms with E-state index in [-0.39, 0.29) is 28.5 Å². The molecule has 0 aliphatic heterocycles. The molecule has 0 saturated heterocycles. The minimum atomic E-state index is -0.600. The molecule has 0 radical (unpaired) electrons. The second-order valence-electron chi connectivity index (χ2n) is 5.20. The minimum Gasteiger partial charge on any atom is -0.343 e. The van der Waals surface area contributed by atoms with Crippen molar-refractivity contribution in [3.05, 3.63) is 84.9 Å².